The molecule has 2 aromatic carbocycles. The van der Waals surface area contributed by atoms with Crippen LogP contribution in [0.25, 0.3) is 11.1 Å². The van der Waals surface area contributed by atoms with E-state index in [0.29, 0.717) is 23.6 Å². The predicted molar refractivity (Wildman–Crippen MR) is 104 cm³/mol. The van der Waals surface area contributed by atoms with Gasteiger partial charge in [-0.3, -0.25) is 9.78 Å². The monoisotopic (exact) mass is 378 g/mol. The van der Waals surface area contributed by atoms with E-state index < -0.39 is 5.76 Å². The van der Waals surface area contributed by atoms with Gasteiger partial charge in [-0.15, -0.1) is 0 Å². The van der Waals surface area contributed by atoms with Crippen molar-refractivity contribution in [2.24, 2.45) is 5.92 Å². The minimum Gasteiger partial charge on any atom is -0.408 e. The van der Waals surface area contributed by atoms with Crippen molar-refractivity contribution in [1.29, 1.82) is 0 Å². The van der Waals surface area contributed by atoms with Crippen LogP contribution in [0.15, 0.2) is 51.7 Å². The van der Waals surface area contributed by atoms with Gasteiger partial charge in [0, 0.05) is 25.3 Å². The normalized spacial score (nSPS) is 20.1. The third-order valence-electron chi connectivity index (χ3n) is 5.92. The predicted octanol–water partition coefficient (Wildman–Crippen LogP) is 3.63. The second kappa shape index (κ2) is 6.95. The van der Waals surface area contributed by atoms with E-state index in [9.17, 15) is 9.59 Å². The van der Waals surface area contributed by atoms with Gasteiger partial charge in [0.2, 0.25) is 0 Å². The molecule has 0 radical (unpaired) electrons. The van der Waals surface area contributed by atoms with Gasteiger partial charge in [0.25, 0.3) is 5.91 Å². The van der Waals surface area contributed by atoms with Crippen molar-refractivity contribution < 1.29 is 13.9 Å². The van der Waals surface area contributed by atoms with Crippen molar-refractivity contribution in [2.45, 2.75) is 31.8 Å². The van der Waals surface area contributed by atoms with E-state index in [0.717, 1.165) is 49.2 Å². The Bertz CT molecular complexity index is 1080. The molecule has 1 saturated heterocycles. The molecule has 0 aliphatic carbocycles. The van der Waals surface area contributed by atoms with Crippen molar-refractivity contribution in [2.75, 3.05) is 13.2 Å². The maximum absolute atomic E-state index is 13.1. The van der Waals surface area contributed by atoms with Crippen LogP contribution in [0.3, 0.4) is 0 Å². The number of carbonyl (C=O) groups is 1. The third kappa shape index (κ3) is 3.03. The van der Waals surface area contributed by atoms with Crippen molar-refractivity contribution in [3.05, 3.63) is 69.7 Å². The lowest BCUT2D eigenvalue weighted by atomic mass is 9.89. The molecule has 3 heterocycles. The molecule has 1 amide bonds. The number of oxazole rings is 1. The number of fused-ring (bicyclic) bond motifs is 2. The minimum atomic E-state index is -0.464. The lowest BCUT2D eigenvalue weighted by Gasteiger charge is -2.30. The fourth-order valence-electron chi connectivity index (χ4n) is 4.47. The number of nitrogens with one attached hydrogen (secondary N) is 1. The van der Waals surface area contributed by atoms with E-state index >= 15 is 0 Å². The molecule has 2 aliphatic heterocycles. The first kappa shape index (κ1) is 17.3. The van der Waals surface area contributed by atoms with Crippen molar-refractivity contribution in [1.82, 2.24) is 9.88 Å². The largest absolute Gasteiger partial charge is 0.417 e. The van der Waals surface area contributed by atoms with E-state index in [1.165, 1.54) is 0 Å². The molecule has 1 aromatic heterocycles. The third-order valence-corrected chi connectivity index (χ3v) is 5.92. The highest BCUT2D eigenvalue weighted by Crippen LogP contribution is 2.40. The zero-order valence-electron chi connectivity index (χ0n) is 15.5. The smallest absolute Gasteiger partial charge is 0.408 e. The van der Waals surface area contributed by atoms with Crippen molar-refractivity contribution in [3.8, 4) is 0 Å². The summed E-state index contributed by atoms with van der Waals surface area (Å²) >= 11 is 0. The molecule has 0 saturated carbocycles. The maximum Gasteiger partial charge on any atom is 0.417 e. The van der Waals surface area contributed by atoms with Gasteiger partial charge >= 0.3 is 5.76 Å². The summed E-state index contributed by atoms with van der Waals surface area (Å²) in [5.41, 5.74) is 4.06. The summed E-state index contributed by atoms with van der Waals surface area (Å²) in [6.07, 6.45) is 3.04. The average Bonchev–Trinajstić information content (AvgIpc) is 3.21. The molecule has 0 bridgehead atoms. The molecule has 6 nitrogen and oxygen atoms in total. The number of rotatable bonds is 4. The molecule has 0 spiro atoms. The minimum absolute atomic E-state index is 0.0701. The lowest BCUT2D eigenvalue weighted by Crippen LogP contribution is -2.30. The highest BCUT2D eigenvalue weighted by Gasteiger charge is 2.37. The van der Waals surface area contributed by atoms with E-state index in [4.69, 9.17) is 9.15 Å². The Morgan fingerprint density at radius 3 is 2.75 bits per heavy atom. The molecule has 144 valence electrons. The Labute approximate surface area is 162 Å². The zero-order chi connectivity index (χ0) is 19.1. The fraction of sp³-hybridized carbons (Fsp3) is 0.364. The van der Waals surface area contributed by atoms with Gasteiger partial charge < -0.3 is 14.1 Å². The first-order valence-electron chi connectivity index (χ1n) is 9.78. The van der Waals surface area contributed by atoms with E-state index in [-0.39, 0.29) is 11.9 Å². The van der Waals surface area contributed by atoms with E-state index in [1.54, 1.807) is 0 Å². The molecule has 1 unspecified atom stereocenters. The molecule has 28 heavy (non-hydrogen) atoms. The summed E-state index contributed by atoms with van der Waals surface area (Å²) in [4.78, 5) is 29.2. The number of H-pyrrole nitrogens is 1. The van der Waals surface area contributed by atoms with Gasteiger partial charge in [0.15, 0.2) is 5.58 Å². The van der Waals surface area contributed by atoms with E-state index in [2.05, 4.69) is 11.1 Å². The Kier molecular flexibility index (Phi) is 4.28. The highest BCUT2D eigenvalue weighted by molar-refractivity contribution is 5.99. The number of hydrogen-bond donors (Lipinski definition) is 1. The van der Waals surface area contributed by atoms with Gasteiger partial charge in [0.05, 0.1) is 11.6 Å². The van der Waals surface area contributed by atoms with Crippen molar-refractivity contribution in [3.63, 3.8) is 0 Å². The number of amides is 1. The zero-order valence-corrected chi connectivity index (χ0v) is 15.5. The van der Waals surface area contributed by atoms with Gasteiger partial charge in [0.1, 0.15) is 0 Å². The van der Waals surface area contributed by atoms with Crippen LogP contribution < -0.4 is 5.76 Å². The first-order valence-corrected chi connectivity index (χ1v) is 9.78. The molecule has 1 N–H and O–H groups in total. The Balaban J connectivity index is 1.46. The van der Waals surface area contributed by atoms with Crippen molar-refractivity contribution >= 4 is 17.0 Å². The van der Waals surface area contributed by atoms with Crippen LogP contribution in [0, 0.1) is 5.92 Å². The molecule has 2 aliphatic rings. The first-order chi connectivity index (χ1) is 13.7. The number of nitrogens with zero attached hydrogens (tertiary/aromatic N) is 1. The quantitative estimate of drug-likeness (QED) is 0.752. The number of benzene rings is 2. The van der Waals surface area contributed by atoms with Crippen LogP contribution in [0.4, 0.5) is 0 Å². The van der Waals surface area contributed by atoms with Crippen LogP contribution in [0.5, 0.6) is 0 Å². The Hall–Kier alpha value is -2.86. The number of aromatic amines is 1. The summed E-state index contributed by atoms with van der Waals surface area (Å²) in [6.45, 7) is 2.10. The number of carbonyl (C=O) groups excluding carboxylic acids is 1. The summed E-state index contributed by atoms with van der Waals surface area (Å²) in [5, 5.41) is 0. The van der Waals surface area contributed by atoms with E-state index in [1.807, 2.05) is 41.3 Å². The van der Waals surface area contributed by atoms with Crippen LogP contribution in [0.2, 0.25) is 0 Å². The van der Waals surface area contributed by atoms with Crippen LogP contribution >= 0.6 is 0 Å². The molecule has 6 heteroatoms. The number of ether oxygens (including phenoxy) is 1. The highest BCUT2D eigenvalue weighted by atomic mass is 16.5. The second-order valence-electron chi connectivity index (χ2n) is 7.67. The summed E-state index contributed by atoms with van der Waals surface area (Å²) in [5.74, 6) is 0.169. The molecule has 3 aromatic rings. The van der Waals surface area contributed by atoms with Crippen LogP contribution in [0.1, 0.15) is 46.8 Å². The topological polar surface area (TPSA) is 75.5 Å². The standard InChI is InChI=1S/C22H22N2O4/c25-21-17-4-2-1-3-16(17)19(11-14-7-9-27-10-8-14)24(21)13-15-5-6-18-20(12-15)28-22(26)23-18/h1-6,12,14,19H,7-11,13H2,(H,23,26). The lowest BCUT2D eigenvalue weighted by molar-refractivity contribution is 0.0475. The SMILES string of the molecule is O=C1c2ccccc2C(CC2CCOCC2)N1Cc1ccc2[nH]c(=O)oc2c1. The summed E-state index contributed by atoms with van der Waals surface area (Å²) < 4.78 is 10.7. The number of hydrogen-bond acceptors (Lipinski definition) is 4. The fourth-order valence-corrected chi connectivity index (χ4v) is 4.47. The average molecular weight is 378 g/mol. The van der Waals surface area contributed by atoms with Gasteiger partial charge in [-0.2, -0.15) is 0 Å². The maximum atomic E-state index is 13.1. The van der Waals surface area contributed by atoms with Crippen LogP contribution in [-0.2, 0) is 11.3 Å². The molecule has 1 atom stereocenters. The molecular formula is C22H22N2O4. The van der Waals surface area contributed by atoms with Gasteiger partial charge in [-0.25, -0.2) is 4.79 Å². The second-order valence-corrected chi connectivity index (χ2v) is 7.67. The van der Waals surface area contributed by atoms with Gasteiger partial charge in [-0.05, 0) is 54.5 Å². The summed E-state index contributed by atoms with van der Waals surface area (Å²) in [7, 11) is 0. The van der Waals surface area contributed by atoms with Crippen LogP contribution in [-0.4, -0.2) is 29.0 Å². The Morgan fingerprint density at radius 1 is 1.07 bits per heavy atom. The number of aromatic nitrogens is 1. The summed E-state index contributed by atoms with van der Waals surface area (Å²) in [6, 6.07) is 13.6. The molecule has 1 fully saturated rings. The Morgan fingerprint density at radius 2 is 1.89 bits per heavy atom. The molecular weight excluding hydrogens is 356 g/mol. The van der Waals surface area contributed by atoms with Gasteiger partial charge in [-0.1, -0.05) is 24.3 Å². The molecule has 5 rings (SSSR count).